The molecule has 0 rings (SSSR count). The summed E-state index contributed by atoms with van der Waals surface area (Å²) in [5.41, 5.74) is 4.85. The largest absolute Gasteiger partial charge is 0.416 e. The van der Waals surface area contributed by atoms with Crippen molar-refractivity contribution in [3.63, 3.8) is 0 Å². The minimum atomic E-state index is -4.52. The fourth-order valence-electron chi connectivity index (χ4n) is 0.430. The van der Waals surface area contributed by atoms with E-state index in [1.54, 1.807) is 0 Å². The van der Waals surface area contributed by atoms with Crippen molar-refractivity contribution in [2.45, 2.75) is 33.4 Å². The zero-order chi connectivity index (χ0) is 14.8. The van der Waals surface area contributed by atoms with Gasteiger partial charge in [-0.2, -0.15) is 16.8 Å². The Morgan fingerprint density at radius 2 is 1.28 bits per heavy atom. The van der Waals surface area contributed by atoms with Crippen LogP contribution in [0.5, 0.6) is 0 Å². The van der Waals surface area contributed by atoms with Crippen LogP contribution in [0.3, 0.4) is 0 Å². The molecular weight excluding hydrogens is 290 g/mol. The van der Waals surface area contributed by atoms with Crippen LogP contribution in [-0.2, 0) is 32.8 Å². The lowest BCUT2D eigenvalue weighted by molar-refractivity contribution is 0.178. The third kappa shape index (κ3) is 13.8. The van der Waals surface area contributed by atoms with Crippen LogP contribution in [0.1, 0.15) is 27.2 Å². The first kappa shape index (κ1) is 20.0. The van der Waals surface area contributed by atoms with Crippen LogP contribution in [0.15, 0.2) is 0 Å². The summed E-state index contributed by atoms with van der Waals surface area (Å²) >= 11 is 0. The second kappa shape index (κ2) is 9.61. The third-order valence-electron chi connectivity index (χ3n) is 1.11. The van der Waals surface area contributed by atoms with E-state index in [0.717, 1.165) is 0 Å². The van der Waals surface area contributed by atoms with Gasteiger partial charge < -0.3 is 10.8 Å². The highest BCUT2D eigenvalue weighted by Gasteiger charge is 2.23. The maximum absolute atomic E-state index is 10.6. The molecule has 0 fully saturated rings. The van der Waals surface area contributed by atoms with Gasteiger partial charge in [0.2, 0.25) is 0 Å². The predicted molar refractivity (Wildman–Crippen MR) is 62.7 cm³/mol. The van der Waals surface area contributed by atoms with E-state index in [1.165, 1.54) is 13.8 Å². The molecule has 0 aromatic heterocycles. The van der Waals surface area contributed by atoms with Gasteiger partial charge in [-0.1, -0.05) is 6.92 Å². The smallest absolute Gasteiger partial charge is 0.379 e. The molecule has 0 radical (unpaired) electrons. The summed E-state index contributed by atoms with van der Waals surface area (Å²) in [7, 11) is -9.05. The molecule has 0 aliphatic rings. The second-order valence-corrected chi connectivity index (χ2v) is 5.32. The first-order valence-corrected chi connectivity index (χ1v) is 7.70. The molecule has 0 aliphatic carbocycles. The molecule has 9 nitrogen and oxygen atoms in total. The number of aliphatic hydroxyl groups excluding tert-OH is 1. The van der Waals surface area contributed by atoms with Crippen LogP contribution in [0.2, 0.25) is 0 Å². The van der Waals surface area contributed by atoms with Crippen LogP contribution in [0.25, 0.3) is 0 Å². The van der Waals surface area contributed by atoms with Crippen molar-refractivity contribution in [2.24, 2.45) is 5.73 Å². The molecule has 0 aromatic carbocycles. The monoisotopic (exact) mass is 309 g/mol. The molecule has 0 bridgehead atoms. The molecule has 3 N–H and O–H groups in total. The van der Waals surface area contributed by atoms with Gasteiger partial charge in [-0.15, -0.1) is 3.63 Å². The molecule has 0 spiro atoms. The van der Waals surface area contributed by atoms with Gasteiger partial charge >= 0.3 is 20.8 Å². The molecule has 0 saturated carbocycles. The summed E-state index contributed by atoms with van der Waals surface area (Å²) in [5.74, 6) is 0. The van der Waals surface area contributed by atoms with Crippen LogP contribution < -0.4 is 5.73 Å². The lowest BCUT2D eigenvalue weighted by Crippen LogP contribution is -2.18. The lowest BCUT2D eigenvalue weighted by Gasteiger charge is -2.03. The van der Waals surface area contributed by atoms with E-state index in [-0.39, 0.29) is 13.2 Å². The minimum Gasteiger partial charge on any atom is -0.379 e. The standard InChI is InChI=1S/C4H10O7S2.C3H9NO/c1-3-9-12(5,6)11-13(7,8)10-4-2;1-2-3(4)5/h3-4H2,1-2H3;3,5H,2,4H2,1H3. The van der Waals surface area contributed by atoms with Gasteiger partial charge in [-0.25, -0.2) is 8.37 Å². The van der Waals surface area contributed by atoms with E-state index in [4.69, 9.17) is 10.8 Å². The van der Waals surface area contributed by atoms with Crippen molar-refractivity contribution < 1.29 is 33.9 Å². The molecule has 0 heterocycles. The maximum Gasteiger partial charge on any atom is 0.416 e. The quantitative estimate of drug-likeness (QED) is 0.580. The highest BCUT2D eigenvalue weighted by molar-refractivity contribution is 7.95. The van der Waals surface area contributed by atoms with E-state index in [0.29, 0.717) is 6.42 Å². The Morgan fingerprint density at radius 3 is 1.44 bits per heavy atom. The van der Waals surface area contributed by atoms with Crippen molar-refractivity contribution >= 4 is 20.8 Å². The summed E-state index contributed by atoms with van der Waals surface area (Å²) < 4.78 is 54.1. The summed E-state index contributed by atoms with van der Waals surface area (Å²) in [4.78, 5) is 0. The van der Waals surface area contributed by atoms with Crippen molar-refractivity contribution in [1.82, 2.24) is 0 Å². The Bertz CT molecular complexity index is 354. The fourth-order valence-corrected chi connectivity index (χ4v) is 2.14. The van der Waals surface area contributed by atoms with Gasteiger partial charge in [-0.05, 0) is 20.3 Å². The Hall–Kier alpha value is -0.300. The number of hydrogen-bond donors (Lipinski definition) is 2. The van der Waals surface area contributed by atoms with Crippen molar-refractivity contribution in [2.75, 3.05) is 13.2 Å². The van der Waals surface area contributed by atoms with Crippen molar-refractivity contribution in [3.8, 4) is 0 Å². The third-order valence-corrected chi connectivity index (χ3v) is 3.49. The van der Waals surface area contributed by atoms with E-state index >= 15 is 0 Å². The average molecular weight is 309 g/mol. The van der Waals surface area contributed by atoms with Crippen LogP contribution in [-0.4, -0.2) is 41.4 Å². The molecule has 0 aromatic rings. The van der Waals surface area contributed by atoms with Gasteiger partial charge in [-0.3, -0.25) is 0 Å². The molecule has 18 heavy (non-hydrogen) atoms. The number of aliphatic hydroxyl groups is 1. The molecule has 0 saturated heterocycles. The van der Waals surface area contributed by atoms with Crippen LogP contribution in [0.4, 0.5) is 0 Å². The van der Waals surface area contributed by atoms with E-state index < -0.39 is 27.0 Å². The maximum atomic E-state index is 10.6. The van der Waals surface area contributed by atoms with Crippen LogP contribution in [0, 0.1) is 0 Å². The molecule has 0 aliphatic heterocycles. The second-order valence-electron chi connectivity index (χ2n) is 2.67. The number of rotatable bonds is 7. The Kier molecular flexibility index (Phi) is 10.7. The Morgan fingerprint density at radius 1 is 1.00 bits per heavy atom. The van der Waals surface area contributed by atoms with Crippen molar-refractivity contribution in [1.29, 1.82) is 0 Å². The van der Waals surface area contributed by atoms with Gasteiger partial charge in [0.1, 0.15) is 6.23 Å². The van der Waals surface area contributed by atoms with Crippen LogP contribution >= 0.6 is 0 Å². The minimum absolute atomic E-state index is 0.218. The lowest BCUT2D eigenvalue weighted by atomic mass is 10.5. The zero-order valence-corrected chi connectivity index (χ0v) is 12.0. The SMILES string of the molecule is CCC(N)O.CCOS(=O)(=O)OS(=O)(=O)OCC. The molecule has 11 heteroatoms. The van der Waals surface area contributed by atoms with Crippen molar-refractivity contribution in [3.05, 3.63) is 0 Å². The predicted octanol–water partition coefficient (Wildman–Crippen LogP) is -0.761. The first-order valence-electron chi connectivity index (χ1n) is 5.03. The Labute approximate surface area is 107 Å². The number of hydrogen-bond acceptors (Lipinski definition) is 9. The molecule has 112 valence electrons. The van der Waals surface area contributed by atoms with Gasteiger partial charge in [0, 0.05) is 0 Å². The van der Waals surface area contributed by atoms with Gasteiger partial charge in [0.15, 0.2) is 0 Å². The van der Waals surface area contributed by atoms with E-state index in [9.17, 15) is 16.8 Å². The van der Waals surface area contributed by atoms with Gasteiger partial charge in [0.25, 0.3) is 0 Å². The zero-order valence-electron chi connectivity index (χ0n) is 10.4. The highest BCUT2D eigenvalue weighted by Crippen LogP contribution is 2.04. The molecule has 1 unspecified atom stereocenters. The summed E-state index contributed by atoms with van der Waals surface area (Å²) in [5, 5.41) is 8.14. The molecular formula is C7H19NO8S2. The molecule has 1 atom stereocenters. The van der Waals surface area contributed by atoms with E-state index in [2.05, 4.69) is 12.0 Å². The topological polar surface area (TPSA) is 142 Å². The normalized spacial score (nSPS) is 13.6. The summed E-state index contributed by atoms with van der Waals surface area (Å²) in [6, 6.07) is 0. The van der Waals surface area contributed by atoms with E-state index in [1.807, 2.05) is 6.92 Å². The summed E-state index contributed by atoms with van der Waals surface area (Å²) in [6.07, 6.45) is 0.0231. The number of nitrogens with two attached hydrogens (primary N) is 1. The fraction of sp³-hybridized carbons (Fsp3) is 1.00. The average Bonchev–Trinajstić information content (AvgIpc) is 2.16. The van der Waals surface area contributed by atoms with Gasteiger partial charge in [0.05, 0.1) is 13.2 Å². The summed E-state index contributed by atoms with van der Waals surface area (Å²) in [6.45, 7) is 4.13. The highest BCUT2D eigenvalue weighted by atomic mass is 32.3. The molecule has 0 amide bonds. The Balaban J connectivity index is 0. The first-order chi connectivity index (χ1) is 8.10.